The molecule has 6 bridgehead atoms. The van der Waals surface area contributed by atoms with Gasteiger partial charge in [-0.25, -0.2) is 14.4 Å². The Labute approximate surface area is 369 Å². The van der Waals surface area contributed by atoms with Crippen molar-refractivity contribution in [3.8, 4) is 0 Å². The number of rotatable bonds is 9. The first kappa shape index (κ1) is 51.4. The third kappa shape index (κ3) is 13.4. The standard InChI is InChI=1S/C46H66O17/c1-9-10-11-12-13-14-38(50)61-42-30(21-40(52)57-8)20-33-24-36(27-47)60-41(53)23-31(49)22-34-25-37(58-28(2)48)44(5,6)45(54,62-34)26-35-18-29(19-39(51)56-7)17-32(59-35)15-16-43(3,4)46(42,55)63-33/h11-16,19,21,31-37,42,47,49,54-55H,9-10,17-18,20,22-27H2,1-8H3/b12-11+,14-13+,16-15-,29-19+,30-21+/t31-,32-,33-,34+,35-,36+,37-,42-,45-,46+/m0/s1. The van der Waals surface area contributed by atoms with Gasteiger partial charge in [-0.05, 0) is 31.3 Å². The maximum Gasteiger partial charge on any atom is 0.331 e. The van der Waals surface area contributed by atoms with Gasteiger partial charge in [0.1, 0.15) is 12.2 Å². The van der Waals surface area contributed by atoms with Crippen molar-refractivity contribution < 1.29 is 82.3 Å². The Morgan fingerprint density at radius 1 is 0.857 bits per heavy atom. The number of allylic oxidation sites excluding steroid dienone is 3. The van der Waals surface area contributed by atoms with Crippen LogP contribution in [-0.2, 0) is 61.9 Å². The monoisotopic (exact) mass is 890 g/mol. The van der Waals surface area contributed by atoms with Crippen molar-refractivity contribution in [1.82, 2.24) is 0 Å². The number of ether oxygens (including phenoxy) is 8. The van der Waals surface area contributed by atoms with E-state index in [4.69, 9.17) is 37.9 Å². The number of carbonyl (C=O) groups excluding carboxylic acids is 5. The van der Waals surface area contributed by atoms with Gasteiger partial charge in [-0.2, -0.15) is 0 Å². The van der Waals surface area contributed by atoms with Gasteiger partial charge in [0.2, 0.25) is 5.79 Å². The fraction of sp³-hybridized carbons (Fsp3) is 0.674. The zero-order valence-electron chi connectivity index (χ0n) is 37.6. The lowest BCUT2D eigenvalue weighted by Crippen LogP contribution is -2.62. The molecule has 0 aliphatic carbocycles. The molecule has 3 saturated heterocycles. The summed E-state index contributed by atoms with van der Waals surface area (Å²) >= 11 is 0. The molecule has 0 saturated carbocycles. The molecule has 4 aliphatic rings. The maximum absolute atomic E-state index is 13.4. The van der Waals surface area contributed by atoms with Gasteiger partial charge in [0.15, 0.2) is 11.9 Å². The first-order chi connectivity index (χ1) is 29.6. The Hall–Kier alpha value is -4.23. The number of unbranched alkanes of at least 4 members (excludes halogenated alkanes) is 1. The Kier molecular flexibility index (Phi) is 18.0. The number of hydrogen-bond donors (Lipinski definition) is 4. The van der Waals surface area contributed by atoms with E-state index < -0.39 is 114 Å². The SMILES string of the molecule is CCC/C=C/C=C/C(=O)O[C@H]1/C(=C/C(=O)OC)C[C@H]2C[C@H](CO)OC(=O)C[C@@H](O)C[C@@H]3C[C@H](OC(C)=O)C(C)(C)[C@](O)(C[C@@H]4C/C(=C/C(=O)OC)C[C@H](/C=C\C(C)(C)[C@]1(O)O2)O4)O3. The molecular formula is C46H66O17. The van der Waals surface area contributed by atoms with Crippen LogP contribution in [0.4, 0.5) is 0 Å². The second-order valence-electron chi connectivity index (χ2n) is 17.8. The molecule has 0 aromatic carbocycles. The highest BCUT2D eigenvalue weighted by Crippen LogP contribution is 2.50. The van der Waals surface area contributed by atoms with Crippen LogP contribution in [0.15, 0.2) is 59.8 Å². The second kappa shape index (κ2) is 22.1. The lowest BCUT2D eigenvalue weighted by atomic mass is 9.70. The average Bonchev–Trinajstić information content (AvgIpc) is 3.19. The molecule has 0 unspecified atom stereocenters. The van der Waals surface area contributed by atoms with Crippen LogP contribution < -0.4 is 0 Å². The van der Waals surface area contributed by atoms with Crippen LogP contribution in [0.5, 0.6) is 0 Å². The highest BCUT2D eigenvalue weighted by atomic mass is 16.7. The van der Waals surface area contributed by atoms with Gasteiger partial charge in [0.05, 0.1) is 63.2 Å². The van der Waals surface area contributed by atoms with E-state index in [1.54, 1.807) is 45.9 Å². The van der Waals surface area contributed by atoms with Crippen LogP contribution in [-0.4, -0.2) is 132 Å². The van der Waals surface area contributed by atoms with E-state index in [1.807, 2.05) is 13.0 Å². The number of fused-ring (bicyclic) bond motifs is 6. The summed E-state index contributed by atoms with van der Waals surface area (Å²) in [5.74, 6) is -8.29. The van der Waals surface area contributed by atoms with Gasteiger partial charge in [-0.3, -0.25) is 9.59 Å². The summed E-state index contributed by atoms with van der Waals surface area (Å²) in [4.78, 5) is 64.4. The number of aliphatic hydroxyl groups excluding tert-OH is 2. The summed E-state index contributed by atoms with van der Waals surface area (Å²) in [5.41, 5.74) is -2.04. The van der Waals surface area contributed by atoms with Gasteiger partial charge >= 0.3 is 29.8 Å². The van der Waals surface area contributed by atoms with Crippen molar-refractivity contribution in [1.29, 1.82) is 0 Å². The van der Waals surface area contributed by atoms with Crippen LogP contribution in [0.1, 0.15) is 106 Å². The van der Waals surface area contributed by atoms with Crippen molar-refractivity contribution in [3.63, 3.8) is 0 Å². The van der Waals surface area contributed by atoms with E-state index in [1.165, 1.54) is 26.2 Å². The topological polar surface area (TPSA) is 240 Å². The zero-order chi connectivity index (χ0) is 46.8. The molecule has 17 nitrogen and oxygen atoms in total. The highest BCUT2D eigenvalue weighted by Gasteiger charge is 2.59. The average molecular weight is 891 g/mol. The van der Waals surface area contributed by atoms with Gasteiger partial charge in [-0.1, -0.05) is 77.0 Å². The Bertz CT molecular complexity index is 1790. The molecule has 63 heavy (non-hydrogen) atoms. The minimum atomic E-state index is -2.45. The van der Waals surface area contributed by atoms with E-state index in [9.17, 15) is 44.4 Å². The third-order valence-corrected chi connectivity index (χ3v) is 12.1. The van der Waals surface area contributed by atoms with E-state index in [-0.39, 0.29) is 50.5 Å². The van der Waals surface area contributed by atoms with E-state index in [0.29, 0.717) is 5.57 Å². The van der Waals surface area contributed by atoms with E-state index in [0.717, 1.165) is 32.1 Å². The summed E-state index contributed by atoms with van der Waals surface area (Å²) in [6.45, 7) is 9.12. The van der Waals surface area contributed by atoms with Gasteiger partial charge in [-0.15, -0.1) is 0 Å². The largest absolute Gasteiger partial charge is 0.466 e. The normalized spacial score (nSPS) is 35.7. The number of methoxy groups -OCH3 is 2. The van der Waals surface area contributed by atoms with Gasteiger partial charge < -0.3 is 58.3 Å². The highest BCUT2D eigenvalue weighted by molar-refractivity contribution is 5.85. The molecule has 0 aromatic rings. The smallest absolute Gasteiger partial charge is 0.331 e. The Balaban J connectivity index is 1.87. The lowest BCUT2D eigenvalue weighted by Gasteiger charge is -2.53. The molecule has 10 atom stereocenters. The van der Waals surface area contributed by atoms with Gasteiger partial charge in [0, 0.05) is 56.3 Å². The first-order valence-corrected chi connectivity index (χ1v) is 21.5. The molecule has 352 valence electrons. The summed E-state index contributed by atoms with van der Waals surface area (Å²) in [5, 5.41) is 46.9. The lowest BCUT2D eigenvalue weighted by molar-refractivity contribution is -0.348. The number of carbonyl (C=O) groups is 5. The Morgan fingerprint density at radius 2 is 1.56 bits per heavy atom. The van der Waals surface area contributed by atoms with Crippen LogP contribution in [0.25, 0.3) is 0 Å². The van der Waals surface area contributed by atoms with Crippen molar-refractivity contribution in [2.24, 2.45) is 10.8 Å². The summed E-state index contributed by atoms with van der Waals surface area (Å²) < 4.78 is 46.4. The number of esters is 5. The van der Waals surface area contributed by atoms with Crippen molar-refractivity contribution >= 4 is 29.8 Å². The molecule has 0 aromatic heterocycles. The zero-order valence-corrected chi connectivity index (χ0v) is 37.6. The molecule has 3 fully saturated rings. The molecule has 4 N–H and O–H groups in total. The third-order valence-electron chi connectivity index (χ3n) is 12.1. The first-order valence-electron chi connectivity index (χ1n) is 21.5. The minimum absolute atomic E-state index is 0.0751. The molecule has 0 radical (unpaired) electrons. The predicted molar refractivity (Wildman–Crippen MR) is 224 cm³/mol. The number of aliphatic hydroxyl groups is 4. The van der Waals surface area contributed by atoms with Crippen LogP contribution in [0, 0.1) is 10.8 Å². The van der Waals surface area contributed by atoms with Crippen LogP contribution >= 0.6 is 0 Å². The predicted octanol–water partition coefficient (Wildman–Crippen LogP) is 3.89. The summed E-state index contributed by atoms with van der Waals surface area (Å²) in [6, 6.07) is 0. The van der Waals surface area contributed by atoms with E-state index in [2.05, 4.69) is 0 Å². The fourth-order valence-corrected chi connectivity index (χ4v) is 8.44. The minimum Gasteiger partial charge on any atom is -0.466 e. The summed E-state index contributed by atoms with van der Waals surface area (Å²) in [6.07, 6.45) is 3.95. The molecule has 0 amide bonds. The molecule has 4 heterocycles. The Morgan fingerprint density at radius 3 is 2.21 bits per heavy atom. The molecular weight excluding hydrogens is 824 g/mol. The second-order valence-corrected chi connectivity index (χ2v) is 17.8. The van der Waals surface area contributed by atoms with Crippen LogP contribution in [0.2, 0.25) is 0 Å². The number of hydrogen-bond acceptors (Lipinski definition) is 17. The quantitative estimate of drug-likeness (QED) is 0.0844. The van der Waals surface area contributed by atoms with Crippen molar-refractivity contribution in [3.05, 3.63) is 59.8 Å². The molecule has 4 rings (SSSR count). The van der Waals surface area contributed by atoms with Crippen molar-refractivity contribution in [2.75, 3.05) is 20.8 Å². The van der Waals surface area contributed by atoms with Crippen LogP contribution in [0.3, 0.4) is 0 Å². The number of cyclic esters (lactones) is 1. The van der Waals surface area contributed by atoms with Gasteiger partial charge in [0.25, 0.3) is 0 Å². The molecule has 17 heteroatoms. The fourth-order valence-electron chi connectivity index (χ4n) is 8.44. The van der Waals surface area contributed by atoms with Crippen molar-refractivity contribution in [2.45, 2.75) is 166 Å². The van der Waals surface area contributed by atoms with E-state index >= 15 is 0 Å². The maximum atomic E-state index is 13.4. The molecule has 0 spiro atoms. The molecule has 4 aliphatic heterocycles. The summed E-state index contributed by atoms with van der Waals surface area (Å²) in [7, 11) is 2.40.